The summed E-state index contributed by atoms with van der Waals surface area (Å²) in [6.45, 7) is 4.65. The van der Waals surface area contributed by atoms with Crippen LogP contribution in [0.3, 0.4) is 0 Å². The van der Waals surface area contributed by atoms with Crippen LogP contribution in [0.5, 0.6) is 23.0 Å². The molecule has 2 aromatic carbocycles. The maximum Gasteiger partial charge on any atom is 0.306 e. The van der Waals surface area contributed by atoms with E-state index in [1.54, 1.807) is 25.2 Å². The zero-order chi connectivity index (χ0) is 32.0. The van der Waals surface area contributed by atoms with E-state index in [-0.39, 0.29) is 24.5 Å². The number of thiophene rings is 1. The van der Waals surface area contributed by atoms with Crippen molar-refractivity contribution in [1.82, 2.24) is 4.90 Å². The molecule has 0 fully saturated rings. The molecule has 4 rings (SSSR count). The molecule has 44 heavy (non-hydrogen) atoms. The molecule has 0 saturated carbocycles. The van der Waals surface area contributed by atoms with Crippen LogP contribution < -0.4 is 18.9 Å². The van der Waals surface area contributed by atoms with Crippen LogP contribution in [0, 0.1) is 11.8 Å². The predicted octanol–water partition coefficient (Wildman–Crippen LogP) is 5.40. The summed E-state index contributed by atoms with van der Waals surface area (Å²) in [5.41, 5.74) is 1.89. The Morgan fingerprint density at radius 3 is 1.86 bits per heavy atom. The number of fused-ring (bicyclic) bond motifs is 2. The largest absolute Gasteiger partial charge is 0.493 e. The third kappa shape index (κ3) is 7.79. The minimum absolute atomic E-state index is 0.0481. The molecule has 0 aliphatic carbocycles. The lowest BCUT2D eigenvalue weighted by atomic mass is 10.0. The smallest absolute Gasteiger partial charge is 0.306 e. The highest BCUT2D eigenvalue weighted by Crippen LogP contribution is 2.38. The molecule has 1 amide bonds. The van der Waals surface area contributed by atoms with E-state index >= 15 is 0 Å². The fourth-order valence-electron chi connectivity index (χ4n) is 4.82. The van der Waals surface area contributed by atoms with Crippen molar-refractivity contribution >= 4 is 45.1 Å². The van der Waals surface area contributed by atoms with Crippen molar-refractivity contribution in [1.29, 1.82) is 0 Å². The number of ketones is 1. The van der Waals surface area contributed by atoms with Gasteiger partial charge in [0.25, 0.3) is 0 Å². The monoisotopic (exact) mass is 627 g/mol. The number of amides is 1. The highest BCUT2D eigenvalue weighted by atomic mass is 32.1. The van der Waals surface area contributed by atoms with Crippen molar-refractivity contribution < 1.29 is 48.3 Å². The van der Waals surface area contributed by atoms with Crippen molar-refractivity contribution in [2.45, 2.75) is 52.6 Å². The predicted molar refractivity (Wildman–Crippen MR) is 163 cm³/mol. The Bertz CT molecular complexity index is 1550. The van der Waals surface area contributed by atoms with Crippen molar-refractivity contribution in [3.05, 3.63) is 46.3 Å². The van der Waals surface area contributed by atoms with Crippen LogP contribution in [0.4, 0.5) is 0 Å². The summed E-state index contributed by atoms with van der Waals surface area (Å²) >= 11 is 1.30. The van der Waals surface area contributed by atoms with Crippen LogP contribution >= 0.6 is 11.3 Å². The topological polar surface area (TPSA) is 149 Å². The zero-order valence-electron chi connectivity index (χ0n) is 25.2. The lowest BCUT2D eigenvalue weighted by Crippen LogP contribution is -2.28. The third-order valence-electron chi connectivity index (χ3n) is 7.51. The number of ether oxygens (including phenoxy) is 4. The maximum absolute atomic E-state index is 12.6. The first kappa shape index (κ1) is 32.6. The summed E-state index contributed by atoms with van der Waals surface area (Å²) < 4.78 is 23.9. The molecule has 1 aliphatic heterocycles. The normalized spacial score (nSPS) is 13.7. The van der Waals surface area contributed by atoms with E-state index in [9.17, 15) is 19.2 Å². The Morgan fingerprint density at radius 2 is 1.30 bits per heavy atom. The minimum Gasteiger partial charge on any atom is -0.493 e. The number of nitrogens with zero attached hydrogens (tertiary/aromatic N) is 1. The van der Waals surface area contributed by atoms with Crippen LogP contribution in [0.2, 0.25) is 0 Å². The molecule has 236 valence electrons. The molecule has 1 aliphatic rings. The molecular weight excluding hydrogens is 590 g/mol. The van der Waals surface area contributed by atoms with Crippen LogP contribution in [0.25, 0.3) is 10.1 Å². The van der Waals surface area contributed by atoms with Crippen molar-refractivity contribution in [2.24, 2.45) is 11.8 Å². The van der Waals surface area contributed by atoms with Gasteiger partial charge in [0.05, 0.1) is 44.1 Å². The van der Waals surface area contributed by atoms with Gasteiger partial charge in [0.15, 0.2) is 28.8 Å². The molecule has 2 atom stereocenters. The van der Waals surface area contributed by atoms with Gasteiger partial charge in [0.2, 0.25) is 5.91 Å². The maximum atomic E-state index is 12.6. The van der Waals surface area contributed by atoms with Crippen molar-refractivity contribution in [3.63, 3.8) is 0 Å². The molecular formula is C32H37NO10S. The molecule has 11 nitrogen and oxygen atoms in total. The summed E-state index contributed by atoms with van der Waals surface area (Å²) in [6.07, 6.45) is 1.28. The average Bonchev–Trinajstić information content (AvgIpc) is 3.61. The van der Waals surface area contributed by atoms with Gasteiger partial charge in [0, 0.05) is 36.7 Å². The SMILES string of the molecule is COc1cc2c(cc1OCCCCOc1cc3cc(C(=O)C[C@H](C)C(=O)O)sc3cc1OC)CN(C(=O)C[C@H](C)C(=O)O)C2. The molecule has 3 aromatic rings. The molecule has 0 radical (unpaired) electrons. The number of rotatable bonds is 16. The lowest BCUT2D eigenvalue weighted by molar-refractivity contribution is -0.145. The molecule has 2 N–H and O–H groups in total. The summed E-state index contributed by atoms with van der Waals surface area (Å²) in [5.74, 6) is -1.67. The van der Waals surface area contributed by atoms with E-state index in [0.29, 0.717) is 67.0 Å². The van der Waals surface area contributed by atoms with Crippen molar-refractivity contribution in [2.75, 3.05) is 27.4 Å². The lowest BCUT2D eigenvalue weighted by Gasteiger charge is -2.16. The summed E-state index contributed by atoms with van der Waals surface area (Å²) in [7, 11) is 3.10. The number of benzene rings is 2. The summed E-state index contributed by atoms with van der Waals surface area (Å²) in [4.78, 5) is 49.6. The second-order valence-corrected chi connectivity index (χ2v) is 12.0. The fraction of sp³-hybridized carbons (Fsp3) is 0.438. The Morgan fingerprint density at radius 1 is 0.773 bits per heavy atom. The third-order valence-corrected chi connectivity index (χ3v) is 8.65. The molecule has 0 unspecified atom stereocenters. The van der Waals surface area contributed by atoms with E-state index in [4.69, 9.17) is 29.2 Å². The number of methoxy groups -OCH3 is 2. The number of hydrogen-bond acceptors (Lipinski definition) is 9. The number of unbranched alkanes of at least 4 members (excludes halogenated alkanes) is 1. The summed E-state index contributed by atoms with van der Waals surface area (Å²) in [5, 5.41) is 19.1. The van der Waals surface area contributed by atoms with E-state index in [1.165, 1.54) is 25.2 Å². The number of carboxylic acids is 2. The van der Waals surface area contributed by atoms with Gasteiger partial charge in [0.1, 0.15) is 0 Å². The van der Waals surface area contributed by atoms with Crippen molar-refractivity contribution in [3.8, 4) is 23.0 Å². The first-order chi connectivity index (χ1) is 21.0. The van der Waals surface area contributed by atoms with E-state index in [1.807, 2.05) is 24.3 Å². The first-order valence-corrected chi connectivity index (χ1v) is 15.2. The Kier molecular flexibility index (Phi) is 10.7. The number of aliphatic carboxylic acids is 2. The molecule has 12 heteroatoms. The molecule has 0 saturated heterocycles. The zero-order valence-corrected chi connectivity index (χ0v) is 26.0. The van der Waals surface area contributed by atoms with Crippen LogP contribution in [0.15, 0.2) is 30.3 Å². The van der Waals surface area contributed by atoms with Gasteiger partial charge in [-0.3, -0.25) is 19.2 Å². The molecule has 0 bridgehead atoms. The van der Waals surface area contributed by atoms with E-state index in [2.05, 4.69) is 0 Å². The Labute approximate surface area is 259 Å². The first-order valence-electron chi connectivity index (χ1n) is 14.3. The molecule has 1 aromatic heterocycles. The average molecular weight is 628 g/mol. The van der Waals surface area contributed by atoms with E-state index < -0.39 is 23.8 Å². The van der Waals surface area contributed by atoms with Gasteiger partial charge in [-0.15, -0.1) is 11.3 Å². The van der Waals surface area contributed by atoms with Gasteiger partial charge in [-0.25, -0.2) is 0 Å². The number of carbonyl (C=O) groups is 4. The fourth-order valence-corrected chi connectivity index (χ4v) is 5.85. The highest BCUT2D eigenvalue weighted by Gasteiger charge is 2.28. The van der Waals surface area contributed by atoms with Gasteiger partial charge < -0.3 is 34.1 Å². The summed E-state index contributed by atoms with van der Waals surface area (Å²) in [6, 6.07) is 9.13. The number of hydrogen-bond donors (Lipinski definition) is 2. The van der Waals surface area contributed by atoms with Crippen LogP contribution in [-0.2, 0) is 27.5 Å². The number of carboxylic acid groups (broad SMARTS) is 2. The molecule has 0 spiro atoms. The van der Waals surface area contributed by atoms with Gasteiger partial charge >= 0.3 is 11.9 Å². The van der Waals surface area contributed by atoms with Gasteiger partial charge in [-0.2, -0.15) is 0 Å². The second-order valence-electron chi connectivity index (χ2n) is 10.9. The standard InChI is InChI=1S/C32H37NO10S/c1-18(31(36)37)9-23(34)29-14-20-11-26(25(41-4)15-28(20)44-29)42-7-5-6-8-43-27-13-22-17-33(16-21(22)12-24(27)40-3)30(35)10-19(2)32(38)39/h11-15,18-19H,5-10,16-17H2,1-4H3,(H,36,37)(H,38,39)/t18-,19-/m0/s1. The Balaban J connectivity index is 1.29. The van der Waals surface area contributed by atoms with Crippen LogP contribution in [-0.4, -0.2) is 66.2 Å². The number of Topliss-reactive ketones (excluding diaryl/α,β-unsaturated/α-hetero) is 1. The van der Waals surface area contributed by atoms with Crippen LogP contribution in [0.1, 0.15) is 60.3 Å². The van der Waals surface area contributed by atoms with E-state index in [0.717, 1.165) is 21.2 Å². The highest BCUT2D eigenvalue weighted by molar-refractivity contribution is 7.20. The molecule has 2 heterocycles. The second kappa shape index (κ2) is 14.4. The minimum atomic E-state index is -1.00. The number of carbonyl (C=O) groups excluding carboxylic acids is 2. The van der Waals surface area contributed by atoms with Gasteiger partial charge in [-0.1, -0.05) is 13.8 Å². The Hall–Kier alpha value is -4.32. The van der Waals surface area contributed by atoms with Gasteiger partial charge in [-0.05, 0) is 53.6 Å². The quantitative estimate of drug-likeness (QED) is 0.156.